The van der Waals surface area contributed by atoms with Gasteiger partial charge < -0.3 is 5.73 Å². The van der Waals surface area contributed by atoms with Crippen LogP contribution in [0.2, 0.25) is 0 Å². The fourth-order valence-corrected chi connectivity index (χ4v) is 1.06. The molecule has 0 aliphatic carbocycles. The Morgan fingerprint density at radius 3 is 3.00 bits per heavy atom. The number of rotatable bonds is 0. The highest BCUT2D eigenvalue weighted by Gasteiger charge is 2.46. The highest BCUT2D eigenvalue weighted by atomic mass is 15.9. The standard InChI is InChI=1S/C5H9N6/c1-11-4(6)2-8-5(11)9-3-10(11)7/h2-3H,6-7H2,1H3/q+1. The van der Waals surface area contributed by atoms with Gasteiger partial charge in [0.2, 0.25) is 0 Å². The summed E-state index contributed by atoms with van der Waals surface area (Å²) >= 11 is 0. The molecule has 2 aliphatic heterocycles. The van der Waals surface area contributed by atoms with E-state index in [0.717, 1.165) is 0 Å². The summed E-state index contributed by atoms with van der Waals surface area (Å²) in [6, 6.07) is 0. The second-order valence-electron chi connectivity index (χ2n) is 2.57. The molecular formula is C5H9N6+. The highest BCUT2D eigenvalue weighted by Crippen LogP contribution is 2.23. The summed E-state index contributed by atoms with van der Waals surface area (Å²) < 4.78 is 0.167. The second kappa shape index (κ2) is 1.60. The molecule has 0 aromatic rings. The molecule has 6 nitrogen and oxygen atoms in total. The normalized spacial score (nSPS) is 33.8. The van der Waals surface area contributed by atoms with Crippen LogP contribution in [-0.2, 0) is 0 Å². The van der Waals surface area contributed by atoms with Crippen molar-refractivity contribution in [2.45, 2.75) is 0 Å². The predicted octanol–water partition coefficient (Wildman–Crippen LogP) is -1.31. The van der Waals surface area contributed by atoms with Crippen molar-refractivity contribution in [3.8, 4) is 0 Å². The summed E-state index contributed by atoms with van der Waals surface area (Å²) in [7, 11) is 1.82. The number of hydrogen-bond donors (Lipinski definition) is 2. The summed E-state index contributed by atoms with van der Waals surface area (Å²) in [6.07, 6.45) is 3.06. The Labute approximate surface area is 63.6 Å². The first kappa shape index (κ1) is 6.32. The first-order valence-corrected chi connectivity index (χ1v) is 3.15. The molecule has 0 amide bonds. The van der Waals surface area contributed by atoms with E-state index >= 15 is 0 Å². The SMILES string of the molecule is C[N+]12C(N)=CN=C1N=CN2N. The molecule has 0 saturated heterocycles. The number of aliphatic imine (C=N–C) groups is 2. The Kier molecular flexibility index (Phi) is 0.921. The Hall–Kier alpha value is -1.40. The molecular weight excluding hydrogens is 144 g/mol. The van der Waals surface area contributed by atoms with Gasteiger partial charge >= 0.3 is 5.96 Å². The number of nitrogens with two attached hydrogens (primary N) is 2. The molecule has 0 aromatic heterocycles. The van der Waals surface area contributed by atoms with Gasteiger partial charge in [-0.15, -0.1) is 5.12 Å². The first-order chi connectivity index (χ1) is 5.15. The molecule has 0 bridgehead atoms. The molecule has 2 heterocycles. The average Bonchev–Trinajstić information content (AvgIpc) is 2.40. The lowest BCUT2D eigenvalue weighted by Gasteiger charge is -2.27. The van der Waals surface area contributed by atoms with E-state index in [1.54, 1.807) is 6.20 Å². The van der Waals surface area contributed by atoms with E-state index in [9.17, 15) is 0 Å². The van der Waals surface area contributed by atoms with Crippen LogP contribution >= 0.6 is 0 Å². The summed E-state index contributed by atoms with van der Waals surface area (Å²) in [5.41, 5.74) is 5.66. The minimum absolute atomic E-state index is 0.167. The third kappa shape index (κ3) is 0.529. The summed E-state index contributed by atoms with van der Waals surface area (Å²) in [5, 5.41) is 1.40. The zero-order valence-corrected chi connectivity index (χ0v) is 6.10. The van der Waals surface area contributed by atoms with E-state index in [1.807, 2.05) is 7.05 Å². The van der Waals surface area contributed by atoms with Crippen molar-refractivity contribution >= 4 is 12.3 Å². The van der Waals surface area contributed by atoms with E-state index in [4.69, 9.17) is 11.6 Å². The molecule has 4 N–H and O–H groups in total. The monoisotopic (exact) mass is 153 g/mol. The summed E-state index contributed by atoms with van der Waals surface area (Å²) in [5.74, 6) is 6.77. The number of hydrazine groups is 1. The van der Waals surface area contributed by atoms with Crippen molar-refractivity contribution in [3.63, 3.8) is 0 Å². The lowest BCUT2D eigenvalue weighted by atomic mass is 10.6. The number of fused-ring (bicyclic) bond motifs is 1. The van der Waals surface area contributed by atoms with Crippen molar-refractivity contribution in [2.24, 2.45) is 21.6 Å². The largest absolute Gasteiger partial charge is 0.363 e. The van der Waals surface area contributed by atoms with Crippen molar-refractivity contribution in [1.82, 2.24) is 5.12 Å². The van der Waals surface area contributed by atoms with E-state index in [1.165, 1.54) is 11.5 Å². The Bertz CT molecular complexity index is 289. The zero-order valence-electron chi connectivity index (χ0n) is 6.10. The van der Waals surface area contributed by atoms with Gasteiger partial charge in [-0.1, -0.05) is 4.59 Å². The van der Waals surface area contributed by atoms with E-state index < -0.39 is 0 Å². The average molecular weight is 153 g/mol. The fourth-order valence-electron chi connectivity index (χ4n) is 1.06. The van der Waals surface area contributed by atoms with Crippen LogP contribution in [0.15, 0.2) is 22.0 Å². The number of guanidine groups is 1. The van der Waals surface area contributed by atoms with Crippen LogP contribution in [0.25, 0.3) is 0 Å². The molecule has 11 heavy (non-hydrogen) atoms. The maximum Gasteiger partial charge on any atom is 0.363 e. The van der Waals surface area contributed by atoms with Crippen molar-refractivity contribution in [3.05, 3.63) is 12.0 Å². The van der Waals surface area contributed by atoms with Crippen LogP contribution in [0.5, 0.6) is 0 Å². The lowest BCUT2D eigenvalue weighted by molar-refractivity contribution is -0.888. The third-order valence-corrected chi connectivity index (χ3v) is 1.96. The smallest absolute Gasteiger partial charge is 0.351 e. The minimum atomic E-state index is 0.167. The van der Waals surface area contributed by atoms with Crippen LogP contribution < -0.4 is 11.6 Å². The molecule has 2 aliphatic rings. The predicted molar refractivity (Wildman–Crippen MR) is 40.4 cm³/mol. The molecule has 58 valence electrons. The van der Waals surface area contributed by atoms with Crippen LogP contribution in [0.4, 0.5) is 0 Å². The summed E-state index contributed by atoms with van der Waals surface area (Å²) in [4.78, 5) is 7.95. The molecule has 0 fully saturated rings. The number of hydrogen-bond acceptors (Lipinski definition) is 5. The van der Waals surface area contributed by atoms with E-state index in [0.29, 0.717) is 11.8 Å². The van der Waals surface area contributed by atoms with Gasteiger partial charge in [0.05, 0.1) is 0 Å². The fraction of sp³-hybridized carbons (Fsp3) is 0.200. The highest BCUT2D eigenvalue weighted by molar-refractivity contribution is 5.87. The van der Waals surface area contributed by atoms with Gasteiger partial charge in [0.1, 0.15) is 13.2 Å². The maximum absolute atomic E-state index is 5.66. The Morgan fingerprint density at radius 1 is 1.64 bits per heavy atom. The van der Waals surface area contributed by atoms with Crippen LogP contribution in [0, 0.1) is 0 Å². The molecule has 1 atom stereocenters. The van der Waals surface area contributed by atoms with Crippen LogP contribution in [-0.4, -0.2) is 29.1 Å². The molecule has 0 spiro atoms. The number of nitrogens with zero attached hydrogens (tertiary/aromatic N) is 4. The second-order valence-corrected chi connectivity index (χ2v) is 2.57. The molecule has 0 radical (unpaired) electrons. The summed E-state index contributed by atoms with van der Waals surface area (Å²) in [6.45, 7) is 0. The van der Waals surface area contributed by atoms with Gasteiger partial charge in [-0.3, -0.25) is 0 Å². The first-order valence-electron chi connectivity index (χ1n) is 3.15. The van der Waals surface area contributed by atoms with Gasteiger partial charge in [-0.05, 0) is 0 Å². The Morgan fingerprint density at radius 2 is 2.36 bits per heavy atom. The van der Waals surface area contributed by atoms with Crippen molar-refractivity contribution in [1.29, 1.82) is 0 Å². The van der Waals surface area contributed by atoms with Crippen molar-refractivity contribution in [2.75, 3.05) is 7.05 Å². The molecule has 6 heteroatoms. The minimum Gasteiger partial charge on any atom is -0.351 e. The third-order valence-electron chi connectivity index (χ3n) is 1.96. The van der Waals surface area contributed by atoms with Gasteiger partial charge in [0, 0.05) is 0 Å². The van der Waals surface area contributed by atoms with Crippen molar-refractivity contribution < 1.29 is 4.59 Å². The molecule has 1 unspecified atom stereocenters. The van der Waals surface area contributed by atoms with Crippen LogP contribution in [0.3, 0.4) is 0 Å². The quantitative estimate of drug-likeness (QED) is 0.335. The zero-order chi connectivity index (χ0) is 8.06. The molecule has 2 rings (SSSR count). The van der Waals surface area contributed by atoms with Gasteiger partial charge in [0.25, 0.3) is 5.82 Å². The molecule has 0 saturated carbocycles. The topological polar surface area (TPSA) is 80.0 Å². The van der Waals surface area contributed by atoms with E-state index in [2.05, 4.69) is 9.98 Å². The van der Waals surface area contributed by atoms with Gasteiger partial charge in [0.15, 0.2) is 6.34 Å². The van der Waals surface area contributed by atoms with E-state index in [-0.39, 0.29) is 4.59 Å². The van der Waals surface area contributed by atoms with Gasteiger partial charge in [-0.25, -0.2) is 0 Å². The Balaban J connectivity index is 2.50. The number of quaternary nitrogens is 1. The maximum atomic E-state index is 5.66. The molecule has 0 aromatic carbocycles. The lowest BCUT2D eigenvalue weighted by Crippen LogP contribution is -2.58. The van der Waals surface area contributed by atoms with Crippen LogP contribution in [0.1, 0.15) is 0 Å². The van der Waals surface area contributed by atoms with Gasteiger partial charge in [-0.2, -0.15) is 15.8 Å².